The van der Waals surface area contributed by atoms with Crippen molar-refractivity contribution in [3.8, 4) is 5.75 Å². The van der Waals surface area contributed by atoms with Crippen molar-refractivity contribution >= 4 is 21.8 Å². The minimum atomic E-state index is 0.0596. The molecule has 4 nitrogen and oxygen atoms in total. The maximum absolute atomic E-state index is 12.4. The molecule has 0 spiro atoms. The number of benzene rings is 1. The number of rotatable bonds is 6. The number of hydrogen-bond donors (Lipinski definition) is 0. The molecular formula is C16H22BrNO3. The molecule has 1 fully saturated rings. The predicted molar refractivity (Wildman–Crippen MR) is 86.3 cm³/mol. The average molecular weight is 356 g/mol. The zero-order chi connectivity index (χ0) is 15.1. The molecule has 1 amide bonds. The summed E-state index contributed by atoms with van der Waals surface area (Å²) in [5, 5.41) is 0.751. The number of carbonyl (C=O) groups is 1. The van der Waals surface area contributed by atoms with E-state index in [1.807, 2.05) is 29.2 Å². The number of halogens is 1. The van der Waals surface area contributed by atoms with Crippen LogP contribution in [0, 0.1) is 0 Å². The Hall–Kier alpha value is -1.07. The summed E-state index contributed by atoms with van der Waals surface area (Å²) >= 11 is 3.40. The number of carbonyl (C=O) groups excluding carboxylic acids is 1. The zero-order valence-electron chi connectivity index (χ0n) is 12.4. The number of amides is 1. The van der Waals surface area contributed by atoms with Gasteiger partial charge in [-0.3, -0.25) is 4.79 Å². The van der Waals surface area contributed by atoms with Crippen molar-refractivity contribution in [2.45, 2.75) is 25.9 Å². The van der Waals surface area contributed by atoms with E-state index in [1.165, 1.54) is 0 Å². The van der Waals surface area contributed by atoms with Crippen LogP contribution in [0.15, 0.2) is 24.3 Å². The van der Waals surface area contributed by atoms with Gasteiger partial charge in [0, 0.05) is 24.0 Å². The van der Waals surface area contributed by atoms with E-state index in [2.05, 4.69) is 22.9 Å². The van der Waals surface area contributed by atoms with Gasteiger partial charge in [0.05, 0.1) is 19.3 Å². The summed E-state index contributed by atoms with van der Waals surface area (Å²) in [6, 6.07) is 7.40. The third-order valence-electron chi connectivity index (χ3n) is 3.47. The fourth-order valence-corrected chi connectivity index (χ4v) is 2.60. The maximum Gasteiger partial charge on any atom is 0.254 e. The monoisotopic (exact) mass is 355 g/mol. The lowest BCUT2D eigenvalue weighted by Crippen LogP contribution is -2.46. The number of morpholine rings is 1. The van der Waals surface area contributed by atoms with Gasteiger partial charge in [0.15, 0.2) is 0 Å². The van der Waals surface area contributed by atoms with E-state index in [4.69, 9.17) is 9.47 Å². The highest BCUT2D eigenvalue weighted by Crippen LogP contribution is 2.16. The first-order valence-corrected chi connectivity index (χ1v) is 8.56. The summed E-state index contributed by atoms with van der Waals surface area (Å²) < 4.78 is 11.2. The van der Waals surface area contributed by atoms with E-state index in [1.54, 1.807) is 0 Å². The largest absolute Gasteiger partial charge is 0.494 e. The van der Waals surface area contributed by atoms with E-state index in [-0.39, 0.29) is 12.0 Å². The predicted octanol–water partition coefficient (Wildman–Crippen LogP) is 3.10. The molecule has 1 aliphatic heterocycles. The molecule has 1 aromatic rings. The molecule has 116 valence electrons. The normalized spacial score (nSPS) is 18.6. The van der Waals surface area contributed by atoms with Crippen LogP contribution in [0.25, 0.3) is 0 Å². The van der Waals surface area contributed by atoms with Crippen molar-refractivity contribution in [1.82, 2.24) is 4.90 Å². The summed E-state index contributed by atoms with van der Waals surface area (Å²) in [6.45, 7) is 4.74. The van der Waals surface area contributed by atoms with Gasteiger partial charge in [-0.1, -0.05) is 29.3 Å². The van der Waals surface area contributed by atoms with Gasteiger partial charge in [0.2, 0.25) is 0 Å². The van der Waals surface area contributed by atoms with Crippen LogP contribution in [0.2, 0.25) is 0 Å². The second-order valence-electron chi connectivity index (χ2n) is 5.12. The molecule has 5 heteroatoms. The average Bonchev–Trinajstić information content (AvgIpc) is 2.55. The fourth-order valence-electron chi connectivity index (χ4n) is 2.21. The Morgan fingerprint density at radius 3 is 2.86 bits per heavy atom. The topological polar surface area (TPSA) is 38.8 Å². The summed E-state index contributed by atoms with van der Waals surface area (Å²) in [5.41, 5.74) is 0.702. The third-order valence-corrected chi connectivity index (χ3v) is 4.19. The Kier molecular flexibility index (Phi) is 6.51. The maximum atomic E-state index is 12.4. The van der Waals surface area contributed by atoms with Crippen LogP contribution < -0.4 is 4.74 Å². The van der Waals surface area contributed by atoms with Crippen LogP contribution in [-0.4, -0.2) is 48.5 Å². The lowest BCUT2D eigenvalue weighted by atomic mass is 10.1. The fraction of sp³-hybridized carbons (Fsp3) is 0.562. The standard InChI is InChI=1S/C16H22BrNO3/c1-2-3-9-20-14-6-4-13(5-7-14)16(19)18-8-10-21-15(11-17)12-18/h4-7,15H,2-3,8-12H2,1H3. The number of unbranched alkanes of at least 4 members (excludes halogenated alkanes) is 1. The lowest BCUT2D eigenvalue weighted by molar-refractivity contribution is -0.00965. The van der Waals surface area contributed by atoms with E-state index in [9.17, 15) is 4.79 Å². The molecule has 1 atom stereocenters. The molecule has 2 rings (SSSR count). The minimum Gasteiger partial charge on any atom is -0.494 e. The highest BCUT2D eigenvalue weighted by Gasteiger charge is 2.24. The summed E-state index contributed by atoms with van der Waals surface area (Å²) in [5.74, 6) is 0.879. The van der Waals surface area contributed by atoms with Crippen LogP contribution >= 0.6 is 15.9 Å². The molecule has 21 heavy (non-hydrogen) atoms. The van der Waals surface area contributed by atoms with Gasteiger partial charge in [-0.15, -0.1) is 0 Å². The van der Waals surface area contributed by atoms with Gasteiger partial charge in [-0.2, -0.15) is 0 Å². The number of alkyl halides is 1. The van der Waals surface area contributed by atoms with Gasteiger partial charge < -0.3 is 14.4 Å². The molecule has 1 aromatic carbocycles. The SMILES string of the molecule is CCCCOc1ccc(C(=O)N2CCOC(CBr)C2)cc1. The van der Waals surface area contributed by atoms with Gasteiger partial charge >= 0.3 is 0 Å². The summed E-state index contributed by atoms with van der Waals surface area (Å²) in [7, 11) is 0. The Morgan fingerprint density at radius 1 is 1.43 bits per heavy atom. The second kappa shape index (κ2) is 8.39. The Balaban J connectivity index is 1.93. The summed E-state index contributed by atoms with van der Waals surface area (Å²) in [4.78, 5) is 14.3. The van der Waals surface area contributed by atoms with Crippen molar-refractivity contribution < 1.29 is 14.3 Å². The van der Waals surface area contributed by atoms with Gasteiger partial charge in [0.1, 0.15) is 5.75 Å². The van der Waals surface area contributed by atoms with Gasteiger partial charge in [-0.05, 0) is 30.7 Å². The first-order chi connectivity index (χ1) is 10.2. The second-order valence-corrected chi connectivity index (χ2v) is 5.77. The lowest BCUT2D eigenvalue weighted by Gasteiger charge is -2.32. The minimum absolute atomic E-state index is 0.0596. The molecule has 0 radical (unpaired) electrons. The molecule has 0 N–H and O–H groups in total. The Morgan fingerprint density at radius 2 is 2.19 bits per heavy atom. The Bertz CT molecular complexity index is 449. The molecule has 0 bridgehead atoms. The highest BCUT2D eigenvalue weighted by molar-refractivity contribution is 9.09. The van der Waals surface area contributed by atoms with Crippen molar-refractivity contribution in [2.75, 3.05) is 31.6 Å². The van der Waals surface area contributed by atoms with E-state index < -0.39 is 0 Å². The number of hydrogen-bond acceptors (Lipinski definition) is 3. The molecule has 1 heterocycles. The number of ether oxygens (including phenoxy) is 2. The first-order valence-electron chi connectivity index (χ1n) is 7.44. The van der Waals surface area contributed by atoms with Crippen molar-refractivity contribution in [2.24, 2.45) is 0 Å². The Labute approximate surface area is 134 Å². The van der Waals surface area contributed by atoms with Crippen LogP contribution in [0.1, 0.15) is 30.1 Å². The zero-order valence-corrected chi connectivity index (χ0v) is 14.0. The van der Waals surface area contributed by atoms with Gasteiger partial charge in [0.25, 0.3) is 5.91 Å². The van der Waals surface area contributed by atoms with Crippen molar-refractivity contribution in [1.29, 1.82) is 0 Å². The molecule has 1 aliphatic rings. The summed E-state index contributed by atoms with van der Waals surface area (Å²) in [6.07, 6.45) is 2.24. The van der Waals surface area contributed by atoms with Crippen molar-refractivity contribution in [3.63, 3.8) is 0 Å². The molecule has 1 saturated heterocycles. The third kappa shape index (κ3) is 4.71. The van der Waals surface area contributed by atoms with E-state index in [0.717, 1.165) is 30.5 Å². The van der Waals surface area contributed by atoms with Gasteiger partial charge in [-0.25, -0.2) is 0 Å². The molecule has 0 aromatic heterocycles. The van der Waals surface area contributed by atoms with E-state index >= 15 is 0 Å². The van der Waals surface area contributed by atoms with Crippen LogP contribution in [0.4, 0.5) is 0 Å². The molecular weight excluding hydrogens is 334 g/mol. The van der Waals surface area contributed by atoms with Crippen LogP contribution in [-0.2, 0) is 4.74 Å². The molecule has 0 saturated carbocycles. The highest BCUT2D eigenvalue weighted by atomic mass is 79.9. The first kappa shape index (κ1) is 16.3. The van der Waals surface area contributed by atoms with Crippen LogP contribution in [0.5, 0.6) is 5.75 Å². The molecule has 0 aliphatic carbocycles. The quantitative estimate of drug-likeness (QED) is 0.581. The van der Waals surface area contributed by atoms with Crippen LogP contribution in [0.3, 0.4) is 0 Å². The molecule has 1 unspecified atom stereocenters. The smallest absolute Gasteiger partial charge is 0.254 e. The number of nitrogens with zero attached hydrogens (tertiary/aromatic N) is 1. The van der Waals surface area contributed by atoms with E-state index in [0.29, 0.717) is 25.3 Å². The van der Waals surface area contributed by atoms with Crippen molar-refractivity contribution in [3.05, 3.63) is 29.8 Å².